The van der Waals surface area contributed by atoms with E-state index in [1.165, 1.54) is 12.1 Å². The minimum absolute atomic E-state index is 0.113. The van der Waals surface area contributed by atoms with Crippen LogP contribution in [0.15, 0.2) is 22.7 Å². The topological polar surface area (TPSA) is 66.4 Å². The van der Waals surface area contributed by atoms with Crippen LogP contribution < -0.4 is 5.32 Å². The van der Waals surface area contributed by atoms with Crippen LogP contribution in [0.2, 0.25) is 0 Å². The summed E-state index contributed by atoms with van der Waals surface area (Å²) in [6, 6.07) is 3.39. The molecule has 6 heteroatoms. The van der Waals surface area contributed by atoms with E-state index in [1.807, 2.05) is 6.92 Å². The van der Waals surface area contributed by atoms with E-state index < -0.39 is 12.0 Å². The van der Waals surface area contributed by atoms with E-state index in [1.54, 1.807) is 13.0 Å². The van der Waals surface area contributed by atoms with E-state index in [0.717, 1.165) is 4.47 Å². The lowest BCUT2D eigenvalue weighted by Crippen LogP contribution is -2.45. The molecule has 0 saturated heterocycles. The van der Waals surface area contributed by atoms with Crippen molar-refractivity contribution in [3.05, 3.63) is 34.1 Å². The van der Waals surface area contributed by atoms with Gasteiger partial charge in [0.25, 0.3) is 0 Å². The Kier molecular flexibility index (Phi) is 6.81. The minimum Gasteiger partial charge on any atom is -0.480 e. The molecule has 0 aliphatic rings. The number of aryl methyl sites for hydroxylation is 1. The molecule has 0 aliphatic heterocycles. The first-order chi connectivity index (χ1) is 9.85. The summed E-state index contributed by atoms with van der Waals surface area (Å²) in [4.78, 5) is 23.0. The molecule has 4 nitrogen and oxygen atoms in total. The fourth-order valence-corrected chi connectivity index (χ4v) is 2.36. The van der Waals surface area contributed by atoms with Gasteiger partial charge in [-0.3, -0.25) is 4.79 Å². The van der Waals surface area contributed by atoms with E-state index in [9.17, 15) is 14.0 Å². The highest BCUT2D eigenvalue weighted by Gasteiger charge is 2.25. The average molecular weight is 360 g/mol. The second kappa shape index (κ2) is 8.12. The molecule has 0 fully saturated rings. The molecule has 2 atom stereocenters. The molecule has 1 aromatic rings. The highest BCUT2D eigenvalue weighted by Crippen LogP contribution is 2.19. The largest absolute Gasteiger partial charge is 0.480 e. The average Bonchev–Trinajstić information content (AvgIpc) is 2.44. The standard InChI is InChI=1S/C15H19BrFNO3/c1-3-9(2)14(15(20)21)18-13(19)7-4-10-8-11(17)5-6-12(10)16/h5-6,8-9,14H,3-4,7H2,1-2H3,(H,18,19)(H,20,21)/t9-,14-/m0/s1. The molecule has 0 aromatic heterocycles. The Bertz CT molecular complexity index is 522. The van der Waals surface area contributed by atoms with Crippen LogP contribution in [0.4, 0.5) is 4.39 Å². The normalized spacial score (nSPS) is 13.5. The monoisotopic (exact) mass is 359 g/mol. The molecule has 1 rings (SSSR count). The minimum atomic E-state index is -1.04. The fourth-order valence-electron chi connectivity index (χ4n) is 1.91. The number of hydrogen-bond donors (Lipinski definition) is 2. The maximum Gasteiger partial charge on any atom is 0.326 e. The van der Waals surface area contributed by atoms with E-state index in [0.29, 0.717) is 18.4 Å². The van der Waals surface area contributed by atoms with Crippen molar-refractivity contribution in [1.29, 1.82) is 0 Å². The third kappa shape index (κ3) is 5.46. The quantitative estimate of drug-likeness (QED) is 0.785. The van der Waals surface area contributed by atoms with Crippen molar-refractivity contribution in [2.45, 2.75) is 39.2 Å². The molecule has 2 N–H and O–H groups in total. The van der Waals surface area contributed by atoms with Gasteiger partial charge in [-0.2, -0.15) is 0 Å². The van der Waals surface area contributed by atoms with E-state index in [4.69, 9.17) is 5.11 Å². The number of hydrogen-bond acceptors (Lipinski definition) is 2. The van der Waals surface area contributed by atoms with Gasteiger partial charge in [0.05, 0.1) is 0 Å². The van der Waals surface area contributed by atoms with Crippen LogP contribution in [0, 0.1) is 11.7 Å². The summed E-state index contributed by atoms with van der Waals surface area (Å²) in [6.45, 7) is 3.65. The maximum absolute atomic E-state index is 13.1. The highest BCUT2D eigenvalue weighted by molar-refractivity contribution is 9.10. The SMILES string of the molecule is CC[C@H](C)[C@H](NC(=O)CCc1cc(F)ccc1Br)C(=O)O. The van der Waals surface area contributed by atoms with Crippen molar-refractivity contribution in [3.63, 3.8) is 0 Å². The molecule has 0 spiro atoms. The number of carboxylic acids is 1. The van der Waals surface area contributed by atoms with Gasteiger partial charge in [-0.15, -0.1) is 0 Å². The van der Waals surface area contributed by atoms with Crippen LogP contribution in [0.25, 0.3) is 0 Å². The Morgan fingerprint density at radius 3 is 2.67 bits per heavy atom. The van der Waals surface area contributed by atoms with Gasteiger partial charge in [0.1, 0.15) is 11.9 Å². The van der Waals surface area contributed by atoms with Crippen molar-refractivity contribution in [2.75, 3.05) is 0 Å². The van der Waals surface area contributed by atoms with Gasteiger partial charge in [-0.1, -0.05) is 36.2 Å². The van der Waals surface area contributed by atoms with Gasteiger partial charge in [0.2, 0.25) is 5.91 Å². The lowest BCUT2D eigenvalue weighted by atomic mass is 9.99. The maximum atomic E-state index is 13.1. The molecule has 0 radical (unpaired) electrons. The summed E-state index contributed by atoms with van der Waals surface area (Å²) in [6.07, 6.45) is 1.12. The number of carbonyl (C=O) groups excluding carboxylic acids is 1. The Balaban J connectivity index is 2.61. The molecular weight excluding hydrogens is 341 g/mol. The second-order valence-electron chi connectivity index (χ2n) is 5.00. The predicted molar refractivity (Wildman–Crippen MR) is 81.4 cm³/mol. The summed E-state index contributed by atoms with van der Waals surface area (Å²) < 4.78 is 13.9. The summed E-state index contributed by atoms with van der Waals surface area (Å²) in [7, 11) is 0. The van der Waals surface area contributed by atoms with Crippen molar-refractivity contribution < 1.29 is 19.1 Å². The van der Waals surface area contributed by atoms with E-state index in [2.05, 4.69) is 21.2 Å². The number of nitrogens with one attached hydrogen (secondary N) is 1. The van der Waals surface area contributed by atoms with Crippen molar-refractivity contribution in [1.82, 2.24) is 5.32 Å². The van der Waals surface area contributed by atoms with Crippen LogP contribution in [-0.4, -0.2) is 23.0 Å². The molecule has 116 valence electrons. The van der Waals surface area contributed by atoms with Gasteiger partial charge >= 0.3 is 5.97 Å². The molecule has 0 heterocycles. The van der Waals surface area contributed by atoms with Crippen LogP contribution >= 0.6 is 15.9 Å². The third-order valence-electron chi connectivity index (χ3n) is 3.42. The van der Waals surface area contributed by atoms with Crippen LogP contribution in [-0.2, 0) is 16.0 Å². The number of rotatable bonds is 7. The first-order valence-electron chi connectivity index (χ1n) is 6.81. The van der Waals surface area contributed by atoms with Crippen LogP contribution in [0.1, 0.15) is 32.3 Å². The first kappa shape index (κ1) is 17.6. The van der Waals surface area contributed by atoms with Crippen LogP contribution in [0.3, 0.4) is 0 Å². The zero-order valence-electron chi connectivity index (χ0n) is 12.0. The van der Waals surface area contributed by atoms with Gasteiger partial charge in [-0.05, 0) is 36.1 Å². The molecule has 0 saturated carbocycles. The zero-order chi connectivity index (χ0) is 16.0. The molecule has 0 aliphatic carbocycles. The van der Waals surface area contributed by atoms with Crippen LogP contribution in [0.5, 0.6) is 0 Å². The Morgan fingerprint density at radius 1 is 1.43 bits per heavy atom. The zero-order valence-corrected chi connectivity index (χ0v) is 13.6. The van der Waals surface area contributed by atoms with Crippen molar-refractivity contribution in [2.24, 2.45) is 5.92 Å². The summed E-state index contributed by atoms with van der Waals surface area (Å²) in [5.74, 6) is -1.90. The number of carboxylic acid groups (broad SMARTS) is 1. The number of aliphatic carboxylic acids is 1. The Morgan fingerprint density at radius 2 is 2.10 bits per heavy atom. The number of halogens is 2. The molecular formula is C15H19BrFNO3. The number of amides is 1. The summed E-state index contributed by atoms with van der Waals surface area (Å²) in [5.41, 5.74) is 0.681. The molecule has 1 aromatic carbocycles. The van der Waals surface area contributed by atoms with Crippen molar-refractivity contribution in [3.8, 4) is 0 Å². The lowest BCUT2D eigenvalue weighted by molar-refractivity contribution is -0.143. The van der Waals surface area contributed by atoms with E-state index in [-0.39, 0.29) is 24.1 Å². The first-order valence-corrected chi connectivity index (χ1v) is 7.60. The second-order valence-corrected chi connectivity index (χ2v) is 5.86. The molecule has 0 bridgehead atoms. The lowest BCUT2D eigenvalue weighted by Gasteiger charge is -2.20. The van der Waals surface area contributed by atoms with Gasteiger partial charge in [-0.25, -0.2) is 9.18 Å². The Hall–Kier alpha value is -1.43. The van der Waals surface area contributed by atoms with Gasteiger partial charge in [0, 0.05) is 10.9 Å². The van der Waals surface area contributed by atoms with Gasteiger partial charge < -0.3 is 10.4 Å². The number of benzene rings is 1. The summed E-state index contributed by atoms with van der Waals surface area (Å²) >= 11 is 3.30. The molecule has 0 unspecified atom stereocenters. The molecule has 1 amide bonds. The third-order valence-corrected chi connectivity index (χ3v) is 4.20. The fraction of sp³-hybridized carbons (Fsp3) is 0.467. The smallest absolute Gasteiger partial charge is 0.326 e. The summed E-state index contributed by atoms with van der Waals surface area (Å²) in [5, 5.41) is 11.6. The highest BCUT2D eigenvalue weighted by atomic mass is 79.9. The van der Waals surface area contributed by atoms with Crippen molar-refractivity contribution >= 4 is 27.8 Å². The van der Waals surface area contributed by atoms with Gasteiger partial charge in [0.15, 0.2) is 0 Å². The number of carbonyl (C=O) groups is 2. The predicted octanol–water partition coefficient (Wildman–Crippen LogP) is 3.14. The Labute approximate surface area is 131 Å². The van der Waals surface area contributed by atoms with E-state index >= 15 is 0 Å². The molecule has 21 heavy (non-hydrogen) atoms.